The fraction of sp³-hybridized carbons (Fsp3) is 0.353. The normalized spacial score (nSPS) is 11.7. The van der Waals surface area contributed by atoms with Gasteiger partial charge in [0.05, 0.1) is 12.1 Å². The third-order valence-corrected chi connectivity index (χ3v) is 4.67. The predicted octanol–water partition coefficient (Wildman–Crippen LogP) is 2.22. The van der Waals surface area contributed by atoms with E-state index in [4.69, 9.17) is 4.74 Å². The third kappa shape index (κ3) is 4.48. The van der Waals surface area contributed by atoms with Gasteiger partial charge in [-0.2, -0.15) is 0 Å². The Bertz CT molecular complexity index is 780. The number of carbonyl (C=O) groups is 3. The van der Waals surface area contributed by atoms with Gasteiger partial charge in [-0.05, 0) is 38.3 Å². The van der Waals surface area contributed by atoms with Crippen molar-refractivity contribution in [3.05, 3.63) is 45.4 Å². The summed E-state index contributed by atoms with van der Waals surface area (Å²) in [6, 6.07) is 5.11. The van der Waals surface area contributed by atoms with E-state index in [0.717, 1.165) is 11.4 Å². The number of aryl methyl sites for hydroxylation is 1. The molecule has 0 saturated carbocycles. The number of nitrogens with one attached hydrogen (secondary N) is 2. The van der Waals surface area contributed by atoms with E-state index >= 15 is 0 Å². The van der Waals surface area contributed by atoms with Crippen LogP contribution in [-0.2, 0) is 16.1 Å². The van der Waals surface area contributed by atoms with E-state index in [9.17, 15) is 14.4 Å². The summed E-state index contributed by atoms with van der Waals surface area (Å²) in [5.41, 5.74) is 2.11. The molecule has 0 fully saturated rings. The molecule has 2 rings (SSSR count). The van der Waals surface area contributed by atoms with Crippen LogP contribution in [0.15, 0.2) is 23.6 Å². The van der Waals surface area contributed by atoms with Crippen LogP contribution in [0.5, 0.6) is 0 Å². The third-order valence-electron chi connectivity index (χ3n) is 3.80. The number of urea groups is 1. The molecule has 2 aromatic heterocycles. The Labute approximate surface area is 150 Å². The van der Waals surface area contributed by atoms with Crippen molar-refractivity contribution in [2.75, 3.05) is 7.05 Å². The first-order valence-corrected chi connectivity index (χ1v) is 8.64. The average Bonchev–Trinajstić information content (AvgIpc) is 3.18. The van der Waals surface area contributed by atoms with Gasteiger partial charge in [-0.25, -0.2) is 9.59 Å². The van der Waals surface area contributed by atoms with E-state index in [1.807, 2.05) is 35.9 Å². The van der Waals surface area contributed by atoms with Gasteiger partial charge in [0.15, 0.2) is 6.10 Å². The number of aromatic nitrogens is 1. The number of amides is 3. The molecule has 8 heteroatoms. The van der Waals surface area contributed by atoms with Crippen molar-refractivity contribution in [2.45, 2.75) is 33.4 Å². The quantitative estimate of drug-likeness (QED) is 0.797. The summed E-state index contributed by atoms with van der Waals surface area (Å²) in [5, 5.41) is 6.35. The molecule has 0 aliphatic carbocycles. The zero-order valence-electron chi connectivity index (χ0n) is 14.6. The minimum absolute atomic E-state index is 0.411. The van der Waals surface area contributed by atoms with Crippen LogP contribution in [0.1, 0.15) is 33.5 Å². The number of imide groups is 1. The van der Waals surface area contributed by atoms with Gasteiger partial charge < -0.3 is 14.6 Å². The Balaban J connectivity index is 2.09. The zero-order chi connectivity index (χ0) is 18.6. The van der Waals surface area contributed by atoms with Crippen LogP contribution in [0.25, 0.3) is 0 Å². The van der Waals surface area contributed by atoms with E-state index in [1.54, 1.807) is 17.4 Å². The van der Waals surface area contributed by atoms with Crippen LogP contribution < -0.4 is 10.6 Å². The summed E-state index contributed by atoms with van der Waals surface area (Å²) in [7, 11) is 1.39. The first-order valence-electron chi connectivity index (χ1n) is 7.76. The molecule has 0 aliphatic heterocycles. The highest BCUT2D eigenvalue weighted by molar-refractivity contribution is 7.09. The van der Waals surface area contributed by atoms with Crippen molar-refractivity contribution in [2.24, 2.45) is 0 Å². The second-order valence-corrected chi connectivity index (χ2v) is 6.60. The minimum atomic E-state index is -1.08. The van der Waals surface area contributed by atoms with Crippen molar-refractivity contribution in [3.8, 4) is 0 Å². The van der Waals surface area contributed by atoms with Crippen molar-refractivity contribution in [1.82, 2.24) is 15.2 Å². The fourth-order valence-corrected chi connectivity index (χ4v) is 3.06. The molecule has 2 aromatic rings. The molecular weight excluding hydrogens is 342 g/mol. The second kappa shape index (κ2) is 7.98. The first kappa shape index (κ1) is 18.7. The van der Waals surface area contributed by atoms with Crippen molar-refractivity contribution in [3.63, 3.8) is 0 Å². The molecule has 134 valence electrons. The molecule has 0 spiro atoms. The van der Waals surface area contributed by atoms with Gasteiger partial charge >= 0.3 is 12.0 Å². The lowest BCUT2D eigenvalue weighted by Gasteiger charge is -2.13. The molecule has 0 radical (unpaired) electrons. The Morgan fingerprint density at radius 1 is 1.32 bits per heavy atom. The lowest BCUT2D eigenvalue weighted by Crippen LogP contribution is -2.43. The average molecular weight is 363 g/mol. The number of thiophene rings is 1. The first-order chi connectivity index (χ1) is 11.8. The van der Waals surface area contributed by atoms with E-state index in [2.05, 4.69) is 10.6 Å². The molecule has 3 amide bonds. The molecule has 0 bridgehead atoms. The number of hydrogen-bond donors (Lipinski definition) is 2. The smallest absolute Gasteiger partial charge is 0.340 e. The molecule has 0 saturated heterocycles. The van der Waals surface area contributed by atoms with Crippen LogP contribution in [0, 0.1) is 13.8 Å². The number of carbonyl (C=O) groups excluding carboxylic acids is 3. The van der Waals surface area contributed by atoms with Crippen LogP contribution in [0.2, 0.25) is 0 Å². The monoisotopic (exact) mass is 363 g/mol. The SMILES string of the molecule is CNC(=O)NC(=O)[C@@H](C)OC(=O)c1cc(C)n(Cc2cccs2)c1C. The molecule has 0 aliphatic rings. The van der Waals surface area contributed by atoms with E-state index in [0.29, 0.717) is 12.1 Å². The Kier molecular flexibility index (Phi) is 5.97. The summed E-state index contributed by atoms with van der Waals surface area (Å²) < 4.78 is 7.21. The Morgan fingerprint density at radius 2 is 2.04 bits per heavy atom. The van der Waals surface area contributed by atoms with E-state index < -0.39 is 24.0 Å². The van der Waals surface area contributed by atoms with E-state index in [1.165, 1.54) is 18.8 Å². The van der Waals surface area contributed by atoms with Gasteiger partial charge in [0.25, 0.3) is 5.91 Å². The standard InChI is InChI=1S/C17H21N3O4S/c1-10-8-14(11(2)20(10)9-13-6-5-7-25-13)16(22)24-12(3)15(21)19-17(23)18-4/h5-8,12H,9H2,1-4H3,(H2,18,19,21,23)/t12-/m1/s1. The Hall–Kier alpha value is -2.61. The minimum Gasteiger partial charge on any atom is -0.449 e. The fourth-order valence-electron chi connectivity index (χ4n) is 2.36. The number of esters is 1. The molecule has 1 atom stereocenters. The van der Waals surface area contributed by atoms with E-state index in [-0.39, 0.29) is 0 Å². The molecule has 0 unspecified atom stereocenters. The van der Waals surface area contributed by atoms with Gasteiger partial charge in [0.1, 0.15) is 0 Å². The summed E-state index contributed by atoms with van der Waals surface area (Å²) in [6.45, 7) is 5.85. The van der Waals surface area contributed by atoms with Gasteiger partial charge in [-0.3, -0.25) is 10.1 Å². The summed E-state index contributed by atoms with van der Waals surface area (Å²) in [6.07, 6.45) is -1.08. The number of hydrogen-bond acceptors (Lipinski definition) is 5. The number of nitrogens with zero attached hydrogens (tertiary/aromatic N) is 1. The van der Waals surface area contributed by atoms with Gasteiger partial charge in [0, 0.05) is 23.3 Å². The van der Waals surface area contributed by atoms with Crippen LogP contribution in [0.4, 0.5) is 4.79 Å². The largest absolute Gasteiger partial charge is 0.449 e. The molecule has 7 nitrogen and oxygen atoms in total. The second-order valence-electron chi connectivity index (χ2n) is 5.57. The van der Waals surface area contributed by atoms with Gasteiger partial charge in [0.2, 0.25) is 0 Å². The number of ether oxygens (including phenoxy) is 1. The van der Waals surface area contributed by atoms with Crippen molar-refractivity contribution < 1.29 is 19.1 Å². The molecule has 2 N–H and O–H groups in total. The zero-order valence-corrected chi connectivity index (χ0v) is 15.4. The van der Waals surface area contributed by atoms with Crippen molar-refractivity contribution >= 4 is 29.2 Å². The topological polar surface area (TPSA) is 89.4 Å². The van der Waals surface area contributed by atoms with Gasteiger partial charge in [-0.15, -0.1) is 11.3 Å². The maximum atomic E-state index is 12.4. The maximum absolute atomic E-state index is 12.4. The lowest BCUT2D eigenvalue weighted by atomic mass is 10.2. The summed E-state index contributed by atoms with van der Waals surface area (Å²) in [4.78, 5) is 36.5. The molecular formula is C17H21N3O4S. The maximum Gasteiger partial charge on any atom is 0.340 e. The summed E-state index contributed by atoms with van der Waals surface area (Å²) in [5.74, 6) is -1.27. The van der Waals surface area contributed by atoms with Crippen LogP contribution >= 0.6 is 11.3 Å². The number of rotatable bonds is 5. The molecule has 2 heterocycles. The highest BCUT2D eigenvalue weighted by Crippen LogP contribution is 2.20. The predicted molar refractivity (Wildman–Crippen MR) is 94.8 cm³/mol. The highest BCUT2D eigenvalue weighted by atomic mass is 32.1. The summed E-state index contributed by atoms with van der Waals surface area (Å²) >= 11 is 1.65. The highest BCUT2D eigenvalue weighted by Gasteiger charge is 2.23. The van der Waals surface area contributed by atoms with Crippen molar-refractivity contribution in [1.29, 1.82) is 0 Å². The van der Waals surface area contributed by atoms with Crippen LogP contribution in [-0.4, -0.2) is 35.6 Å². The molecule has 0 aromatic carbocycles. The van der Waals surface area contributed by atoms with Gasteiger partial charge in [-0.1, -0.05) is 6.07 Å². The Morgan fingerprint density at radius 3 is 2.64 bits per heavy atom. The van der Waals surface area contributed by atoms with Crippen LogP contribution in [0.3, 0.4) is 0 Å². The molecule has 25 heavy (non-hydrogen) atoms. The lowest BCUT2D eigenvalue weighted by molar-refractivity contribution is -0.127.